The van der Waals surface area contributed by atoms with Gasteiger partial charge in [0.15, 0.2) is 17.4 Å². The lowest BCUT2D eigenvalue weighted by molar-refractivity contribution is -0.0956. The van der Waals surface area contributed by atoms with Crippen LogP contribution < -0.4 is 11.3 Å². The first-order valence-corrected chi connectivity index (χ1v) is 6.63. The Labute approximate surface area is 124 Å². The molecule has 1 saturated heterocycles. The van der Waals surface area contributed by atoms with Crippen LogP contribution in [-0.2, 0) is 9.47 Å². The van der Waals surface area contributed by atoms with Gasteiger partial charge >= 0.3 is 0 Å². The number of ether oxygens (including phenoxy) is 2. The fourth-order valence-electron chi connectivity index (χ4n) is 2.66. The molecule has 0 spiro atoms. The van der Waals surface area contributed by atoms with Gasteiger partial charge in [0, 0.05) is 7.11 Å². The summed E-state index contributed by atoms with van der Waals surface area (Å²) in [5, 5.41) is 20.8. The van der Waals surface area contributed by atoms with Crippen LogP contribution in [-0.4, -0.2) is 61.3 Å². The lowest BCUT2D eigenvalue weighted by Gasteiger charge is -2.27. The highest BCUT2D eigenvalue weighted by atomic mass is 16.6. The van der Waals surface area contributed by atoms with Crippen LogP contribution in [0.1, 0.15) is 13.2 Å². The Hall–Kier alpha value is -2.01. The van der Waals surface area contributed by atoms with Gasteiger partial charge in [-0.2, -0.15) is 4.98 Å². The number of hydrogen-bond acceptors (Lipinski definition) is 8. The van der Waals surface area contributed by atoms with Crippen LogP contribution in [0.25, 0.3) is 11.2 Å². The van der Waals surface area contributed by atoms with Gasteiger partial charge in [-0.15, -0.1) is 0 Å². The molecule has 3 heterocycles. The summed E-state index contributed by atoms with van der Waals surface area (Å²) < 4.78 is 12.0. The summed E-state index contributed by atoms with van der Waals surface area (Å²) >= 11 is 0. The molecule has 0 radical (unpaired) electrons. The van der Waals surface area contributed by atoms with Crippen molar-refractivity contribution in [2.24, 2.45) is 0 Å². The van der Waals surface area contributed by atoms with Crippen molar-refractivity contribution < 1.29 is 19.7 Å². The molecule has 120 valence electrons. The zero-order valence-corrected chi connectivity index (χ0v) is 12.1. The minimum absolute atomic E-state index is 0.0679. The number of nitrogen functional groups attached to an aromatic ring is 1. The number of rotatable bonds is 3. The summed E-state index contributed by atoms with van der Waals surface area (Å²) in [5.41, 5.74) is 3.66. The summed E-state index contributed by atoms with van der Waals surface area (Å²) in [7, 11) is 1.46. The van der Waals surface area contributed by atoms with Gasteiger partial charge in [-0.05, 0) is 6.92 Å². The Kier molecular flexibility index (Phi) is 3.40. The highest BCUT2D eigenvalue weighted by molar-refractivity contribution is 5.70. The third kappa shape index (κ3) is 2.08. The van der Waals surface area contributed by atoms with Crippen LogP contribution in [0, 0.1) is 0 Å². The van der Waals surface area contributed by atoms with Crippen molar-refractivity contribution in [2.75, 3.05) is 19.5 Å². The van der Waals surface area contributed by atoms with Crippen molar-refractivity contribution in [3.63, 3.8) is 0 Å². The van der Waals surface area contributed by atoms with E-state index in [1.807, 2.05) is 0 Å². The Morgan fingerprint density at radius 2 is 2.36 bits per heavy atom. The first-order valence-electron chi connectivity index (χ1n) is 6.63. The molecular weight excluding hydrogens is 294 g/mol. The summed E-state index contributed by atoms with van der Waals surface area (Å²) in [6.45, 7) is 1.54. The van der Waals surface area contributed by atoms with Crippen LogP contribution in [0.3, 0.4) is 0 Å². The molecule has 10 nitrogen and oxygen atoms in total. The standard InChI is InChI=1S/C12H17N5O5/c1-12(20)7(18)5(3-21-2)22-10(12)17-4-14-6-8(17)15-11(13)16-9(6)19/h4-5,7,10,18,20H,3H2,1-2H3,(H3,13,15,16,19). The van der Waals surface area contributed by atoms with E-state index in [4.69, 9.17) is 15.2 Å². The SMILES string of the molecule is COCC1OC(n2cnc3c(=O)[nH]c(N)nc32)C(C)(O)C1O. The number of aliphatic hydroxyl groups is 2. The van der Waals surface area contributed by atoms with Gasteiger partial charge in [0.25, 0.3) is 5.56 Å². The second kappa shape index (κ2) is 5.02. The number of H-pyrrole nitrogens is 1. The molecule has 4 unspecified atom stereocenters. The Morgan fingerprint density at radius 3 is 3.05 bits per heavy atom. The number of hydrogen-bond donors (Lipinski definition) is 4. The molecule has 1 aliphatic heterocycles. The molecule has 0 aliphatic carbocycles. The van der Waals surface area contributed by atoms with Crippen molar-refractivity contribution >= 4 is 17.1 Å². The average Bonchev–Trinajstić information content (AvgIpc) is 2.94. The molecular formula is C12H17N5O5. The van der Waals surface area contributed by atoms with E-state index in [9.17, 15) is 15.0 Å². The van der Waals surface area contributed by atoms with E-state index in [1.165, 1.54) is 24.9 Å². The molecule has 0 bridgehead atoms. The normalized spacial score (nSPS) is 31.9. The number of methoxy groups -OCH3 is 1. The smallest absolute Gasteiger partial charge is 0.280 e. The first kappa shape index (κ1) is 14.9. The van der Waals surface area contributed by atoms with Gasteiger partial charge in [-0.1, -0.05) is 0 Å². The topological polar surface area (TPSA) is 149 Å². The second-order valence-electron chi connectivity index (χ2n) is 5.43. The molecule has 22 heavy (non-hydrogen) atoms. The highest BCUT2D eigenvalue weighted by Crippen LogP contribution is 2.39. The number of nitrogens with zero attached hydrogens (tertiary/aromatic N) is 3. The van der Waals surface area contributed by atoms with E-state index >= 15 is 0 Å². The van der Waals surface area contributed by atoms with Gasteiger partial charge in [0.05, 0.1) is 12.9 Å². The maximum absolute atomic E-state index is 11.8. The number of nitrogens with one attached hydrogen (secondary N) is 1. The number of fused-ring (bicyclic) bond motifs is 1. The Bertz CT molecular complexity index is 754. The summed E-state index contributed by atoms with van der Waals surface area (Å²) in [5.74, 6) is -0.0779. The molecule has 5 N–H and O–H groups in total. The zero-order valence-electron chi connectivity index (χ0n) is 12.1. The third-order valence-electron chi connectivity index (χ3n) is 3.79. The van der Waals surface area contributed by atoms with Crippen molar-refractivity contribution in [1.29, 1.82) is 0 Å². The number of nitrogens with two attached hydrogens (primary N) is 1. The molecule has 0 amide bonds. The summed E-state index contributed by atoms with van der Waals surface area (Å²) in [6.07, 6.45) is -1.56. The lowest BCUT2D eigenvalue weighted by atomic mass is 9.96. The maximum Gasteiger partial charge on any atom is 0.280 e. The predicted octanol–water partition coefficient (Wildman–Crippen LogP) is -1.64. The van der Waals surface area contributed by atoms with Crippen molar-refractivity contribution in [1.82, 2.24) is 19.5 Å². The predicted molar refractivity (Wildman–Crippen MR) is 75.0 cm³/mol. The highest BCUT2D eigenvalue weighted by Gasteiger charge is 2.53. The molecule has 0 saturated carbocycles. The lowest BCUT2D eigenvalue weighted by Crippen LogP contribution is -2.44. The molecule has 0 aromatic carbocycles. The molecule has 3 rings (SSSR count). The first-order chi connectivity index (χ1) is 10.4. The number of anilines is 1. The number of aromatic amines is 1. The van der Waals surface area contributed by atoms with Crippen LogP contribution in [0.5, 0.6) is 0 Å². The van der Waals surface area contributed by atoms with Gasteiger partial charge < -0.3 is 25.4 Å². The Morgan fingerprint density at radius 1 is 1.64 bits per heavy atom. The average molecular weight is 311 g/mol. The maximum atomic E-state index is 11.8. The van der Waals surface area contributed by atoms with Crippen LogP contribution in [0.4, 0.5) is 5.95 Å². The fourth-order valence-corrected chi connectivity index (χ4v) is 2.66. The van der Waals surface area contributed by atoms with E-state index in [-0.39, 0.29) is 23.7 Å². The van der Waals surface area contributed by atoms with Crippen LogP contribution >= 0.6 is 0 Å². The van der Waals surface area contributed by atoms with Crippen molar-refractivity contribution in [3.05, 3.63) is 16.7 Å². The van der Waals surface area contributed by atoms with E-state index < -0.39 is 29.6 Å². The monoisotopic (exact) mass is 311 g/mol. The second-order valence-corrected chi connectivity index (χ2v) is 5.43. The van der Waals surface area contributed by atoms with Gasteiger partial charge in [0.2, 0.25) is 5.95 Å². The van der Waals surface area contributed by atoms with Gasteiger partial charge in [0.1, 0.15) is 17.8 Å². The van der Waals surface area contributed by atoms with E-state index in [0.29, 0.717) is 0 Å². The van der Waals surface area contributed by atoms with Crippen molar-refractivity contribution in [3.8, 4) is 0 Å². The van der Waals surface area contributed by atoms with Gasteiger partial charge in [-0.3, -0.25) is 14.3 Å². The minimum atomic E-state index is -1.62. The molecule has 4 atom stereocenters. The molecule has 2 aromatic heterocycles. The van der Waals surface area contributed by atoms with Gasteiger partial charge in [-0.25, -0.2) is 4.98 Å². The summed E-state index contributed by atoms with van der Waals surface area (Å²) in [6, 6.07) is 0. The van der Waals surface area contributed by atoms with E-state index in [2.05, 4.69) is 15.0 Å². The van der Waals surface area contributed by atoms with Crippen LogP contribution in [0.15, 0.2) is 11.1 Å². The van der Waals surface area contributed by atoms with Crippen molar-refractivity contribution in [2.45, 2.75) is 31.0 Å². The zero-order chi connectivity index (χ0) is 16.1. The number of aromatic nitrogens is 4. The molecule has 2 aromatic rings. The largest absolute Gasteiger partial charge is 0.387 e. The summed E-state index contributed by atoms with van der Waals surface area (Å²) in [4.78, 5) is 22.1. The molecule has 1 aliphatic rings. The van der Waals surface area contributed by atoms with E-state index in [1.54, 1.807) is 0 Å². The van der Waals surface area contributed by atoms with Crippen LogP contribution in [0.2, 0.25) is 0 Å². The quantitative estimate of drug-likeness (QED) is 0.527. The Balaban J connectivity index is 2.09. The van der Waals surface area contributed by atoms with E-state index in [0.717, 1.165) is 0 Å². The minimum Gasteiger partial charge on any atom is -0.387 e. The number of imidazole rings is 1. The molecule has 1 fully saturated rings. The third-order valence-corrected chi connectivity index (χ3v) is 3.79. The molecule has 10 heteroatoms. The fraction of sp³-hybridized carbons (Fsp3) is 0.583. The number of aliphatic hydroxyl groups excluding tert-OH is 1.